The minimum Gasteiger partial charge on any atom is -0.399 e. The summed E-state index contributed by atoms with van der Waals surface area (Å²) in [5.74, 6) is 0.541. The zero-order valence-corrected chi connectivity index (χ0v) is 11.6. The molecule has 5 nitrogen and oxygen atoms in total. The second-order valence-electron chi connectivity index (χ2n) is 4.71. The Balaban J connectivity index is 1.95. The molecule has 0 amide bonds. The quantitative estimate of drug-likeness (QED) is 0.719. The Morgan fingerprint density at radius 3 is 2.71 bits per heavy atom. The van der Waals surface area contributed by atoms with Gasteiger partial charge in [0.25, 0.3) is 0 Å². The summed E-state index contributed by atoms with van der Waals surface area (Å²) in [6.45, 7) is 1.94. The Hall–Kier alpha value is -2.95. The van der Waals surface area contributed by atoms with Crippen molar-refractivity contribution in [2.75, 3.05) is 11.1 Å². The van der Waals surface area contributed by atoms with Crippen molar-refractivity contribution < 1.29 is 0 Å². The molecule has 0 fully saturated rings. The Morgan fingerprint density at radius 2 is 1.95 bits per heavy atom. The van der Waals surface area contributed by atoms with Gasteiger partial charge in [-0.3, -0.25) is 4.98 Å². The minimum atomic E-state index is 0.541. The van der Waals surface area contributed by atoms with E-state index in [4.69, 9.17) is 5.73 Å². The summed E-state index contributed by atoms with van der Waals surface area (Å²) in [6, 6.07) is 13.3. The number of aryl methyl sites for hydroxylation is 1. The molecular formula is C16H15N5. The molecule has 0 saturated carbocycles. The number of nitrogens with zero attached hydrogens (tertiary/aromatic N) is 3. The second kappa shape index (κ2) is 5.58. The van der Waals surface area contributed by atoms with Crippen molar-refractivity contribution in [1.82, 2.24) is 15.0 Å². The van der Waals surface area contributed by atoms with E-state index in [0.717, 1.165) is 22.6 Å². The van der Waals surface area contributed by atoms with Gasteiger partial charge in [0.15, 0.2) is 0 Å². The highest BCUT2D eigenvalue weighted by molar-refractivity contribution is 5.63. The maximum Gasteiger partial charge on any atom is 0.227 e. The molecule has 2 heterocycles. The maximum atomic E-state index is 5.77. The summed E-state index contributed by atoms with van der Waals surface area (Å²) >= 11 is 0. The number of benzene rings is 1. The summed E-state index contributed by atoms with van der Waals surface area (Å²) in [7, 11) is 0. The second-order valence-corrected chi connectivity index (χ2v) is 4.71. The van der Waals surface area contributed by atoms with Crippen molar-refractivity contribution in [2.24, 2.45) is 0 Å². The van der Waals surface area contributed by atoms with Gasteiger partial charge in [0.05, 0.1) is 5.69 Å². The van der Waals surface area contributed by atoms with Gasteiger partial charge in [-0.2, -0.15) is 0 Å². The van der Waals surface area contributed by atoms with Crippen LogP contribution in [0.25, 0.3) is 11.3 Å². The summed E-state index contributed by atoms with van der Waals surface area (Å²) in [5.41, 5.74) is 10.0. The van der Waals surface area contributed by atoms with E-state index < -0.39 is 0 Å². The van der Waals surface area contributed by atoms with Crippen LogP contribution in [0, 0.1) is 6.92 Å². The van der Waals surface area contributed by atoms with E-state index in [0.29, 0.717) is 11.6 Å². The van der Waals surface area contributed by atoms with Crippen LogP contribution in [-0.2, 0) is 0 Å². The van der Waals surface area contributed by atoms with Gasteiger partial charge >= 0.3 is 0 Å². The fourth-order valence-electron chi connectivity index (χ4n) is 2.03. The van der Waals surface area contributed by atoms with E-state index in [2.05, 4.69) is 20.3 Å². The zero-order chi connectivity index (χ0) is 14.7. The number of aromatic nitrogens is 3. The Kier molecular flexibility index (Phi) is 3.47. The van der Waals surface area contributed by atoms with Crippen LogP contribution in [0.15, 0.2) is 54.9 Å². The first-order valence-electron chi connectivity index (χ1n) is 6.59. The molecule has 0 bridgehead atoms. The van der Waals surface area contributed by atoms with Gasteiger partial charge in [-0.15, -0.1) is 0 Å². The summed E-state index contributed by atoms with van der Waals surface area (Å²) in [5, 5.41) is 3.17. The highest BCUT2D eigenvalue weighted by atomic mass is 15.1. The molecule has 0 aliphatic heterocycles. The molecular weight excluding hydrogens is 262 g/mol. The first-order chi connectivity index (χ1) is 10.2. The molecule has 0 unspecified atom stereocenters. The molecule has 5 heteroatoms. The van der Waals surface area contributed by atoms with Gasteiger partial charge in [0.2, 0.25) is 5.95 Å². The number of anilines is 3. The molecule has 1 aromatic carbocycles. The smallest absolute Gasteiger partial charge is 0.227 e. The number of nitrogen functional groups attached to an aromatic ring is 1. The van der Waals surface area contributed by atoms with Crippen LogP contribution in [0.1, 0.15) is 5.69 Å². The molecule has 0 aliphatic rings. The van der Waals surface area contributed by atoms with Crippen molar-refractivity contribution in [3.8, 4) is 11.3 Å². The van der Waals surface area contributed by atoms with Crippen LogP contribution < -0.4 is 11.1 Å². The predicted molar refractivity (Wildman–Crippen MR) is 84.1 cm³/mol. The molecule has 3 rings (SSSR count). The number of nitrogens with two attached hydrogens (primary N) is 1. The van der Waals surface area contributed by atoms with Crippen LogP contribution in [0.4, 0.5) is 17.3 Å². The lowest BCUT2D eigenvalue weighted by molar-refractivity contribution is 1.11. The molecule has 0 spiro atoms. The largest absolute Gasteiger partial charge is 0.399 e. The van der Waals surface area contributed by atoms with Crippen molar-refractivity contribution in [3.05, 3.63) is 60.6 Å². The van der Waals surface area contributed by atoms with Crippen LogP contribution >= 0.6 is 0 Å². The molecule has 3 aromatic rings. The number of nitrogens with one attached hydrogen (secondary N) is 1. The highest BCUT2D eigenvalue weighted by Gasteiger charge is 2.05. The van der Waals surface area contributed by atoms with Gasteiger partial charge < -0.3 is 11.1 Å². The molecule has 0 atom stereocenters. The lowest BCUT2D eigenvalue weighted by atomic mass is 10.2. The fraction of sp³-hybridized carbons (Fsp3) is 0.0625. The van der Waals surface area contributed by atoms with Gasteiger partial charge in [-0.05, 0) is 43.3 Å². The third-order valence-corrected chi connectivity index (χ3v) is 2.95. The summed E-state index contributed by atoms with van der Waals surface area (Å²) in [4.78, 5) is 13.0. The molecule has 0 radical (unpaired) electrons. The minimum absolute atomic E-state index is 0.541. The summed E-state index contributed by atoms with van der Waals surface area (Å²) in [6.07, 6.45) is 3.52. The lowest BCUT2D eigenvalue weighted by Gasteiger charge is -2.08. The fourth-order valence-corrected chi connectivity index (χ4v) is 2.03. The van der Waals surface area contributed by atoms with E-state index in [-0.39, 0.29) is 0 Å². The zero-order valence-electron chi connectivity index (χ0n) is 11.6. The van der Waals surface area contributed by atoms with E-state index in [9.17, 15) is 0 Å². The van der Waals surface area contributed by atoms with Crippen molar-refractivity contribution >= 4 is 17.3 Å². The number of rotatable bonds is 3. The van der Waals surface area contributed by atoms with Crippen LogP contribution in [0.2, 0.25) is 0 Å². The highest BCUT2D eigenvalue weighted by Crippen LogP contribution is 2.21. The van der Waals surface area contributed by atoms with E-state index in [1.165, 1.54) is 0 Å². The first-order valence-corrected chi connectivity index (χ1v) is 6.59. The van der Waals surface area contributed by atoms with Crippen molar-refractivity contribution in [3.63, 3.8) is 0 Å². The topological polar surface area (TPSA) is 76.7 Å². The lowest BCUT2D eigenvalue weighted by Crippen LogP contribution is -2.00. The van der Waals surface area contributed by atoms with Gasteiger partial charge in [0, 0.05) is 35.0 Å². The standard InChI is InChI=1S/C16H15N5/c1-11-8-15(12-4-3-7-18-10-12)21-16(19-11)20-14-6-2-5-13(17)9-14/h2-10H,17H2,1H3,(H,19,20,21). The Morgan fingerprint density at radius 1 is 1.05 bits per heavy atom. The average molecular weight is 277 g/mol. The molecule has 104 valence electrons. The monoisotopic (exact) mass is 277 g/mol. The predicted octanol–water partition coefficient (Wildman–Crippen LogP) is 3.17. The van der Waals surface area contributed by atoms with E-state index in [1.807, 2.05) is 49.4 Å². The molecule has 2 aromatic heterocycles. The Bertz CT molecular complexity index is 756. The van der Waals surface area contributed by atoms with Crippen LogP contribution in [0.5, 0.6) is 0 Å². The molecule has 3 N–H and O–H groups in total. The normalized spacial score (nSPS) is 10.3. The molecule has 0 aliphatic carbocycles. The number of pyridine rings is 1. The van der Waals surface area contributed by atoms with Gasteiger partial charge in [-0.25, -0.2) is 9.97 Å². The number of hydrogen-bond donors (Lipinski definition) is 2. The van der Waals surface area contributed by atoms with Crippen LogP contribution in [0.3, 0.4) is 0 Å². The third kappa shape index (κ3) is 3.14. The first kappa shape index (κ1) is 13.1. The Labute approximate surface area is 122 Å². The summed E-state index contributed by atoms with van der Waals surface area (Å²) < 4.78 is 0. The van der Waals surface area contributed by atoms with E-state index >= 15 is 0 Å². The maximum absolute atomic E-state index is 5.77. The molecule has 0 saturated heterocycles. The third-order valence-electron chi connectivity index (χ3n) is 2.95. The van der Waals surface area contributed by atoms with Gasteiger partial charge in [0.1, 0.15) is 0 Å². The van der Waals surface area contributed by atoms with Gasteiger partial charge in [-0.1, -0.05) is 6.07 Å². The van der Waals surface area contributed by atoms with Crippen LogP contribution in [-0.4, -0.2) is 15.0 Å². The van der Waals surface area contributed by atoms with E-state index in [1.54, 1.807) is 12.4 Å². The molecule has 21 heavy (non-hydrogen) atoms. The average Bonchev–Trinajstić information content (AvgIpc) is 2.47. The SMILES string of the molecule is Cc1cc(-c2cccnc2)nc(Nc2cccc(N)c2)n1. The van der Waals surface area contributed by atoms with Crippen molar-refractivity contribution in [1.29, 1.82) is 0 Å². The van der Waals surface area contributed by atoms with Crippen molar-refractivity contribution in [2.45, 2.75) is 6.92 Å². The number of hydrogen-bond acceptors (Lipinski definition) is 5.